The Bertz CT molecular complexity index is 624. The molecule has 0 aliphatic carbocycles. The van der Waals surface area contributed by atoms with E-state index in [1.54, 1.807) is 0 Å². The SMILES string of the molecule is CC(=O)C(F)(F)F.NCCCCCC(C[Se]C(=O)CCc1ccccc1)C(=O)O. The van der Waals surface area contributed by atoms with E-state index >= 15 is 0 Å². The van der Waals surface area contributed by atoms with Gasteiger partial charge in [-0.3, -0.25) is 4.79 Å². The molecule has 29 heavy (non-hydrogen) atoms. The second-order valence-electron chi connectivity index (χ2n) is 6.40. The van der Waals surface area contributed by atoms with Crippen LogP contribution in [0.15, 0.2) is 30.3 Å². The van der Waals surface area contributed by atoms with Gasteiger partial charge in [0.1, 0.15) is 0 Å². The molecule has 1 aromatic carbocycles. The summed E-state index contributed by atoms with van der Waals surface area (Å²) in [5, 5.41) is 9.74. The molecule has 1 atom stereocenters. The van der Waals surface area contributed by atoms with E-state index in [2.05, 4.69) is 0 Å². The van der Waals surface area contributed by atoms with Gasteiger partial charge in [-0.2, -0.15) is 13.2 Å². The van der Waals surface area contributed by atoms with Crippen molar-refractivity contribution in [1.82, 2.24) is 0 Å². The molecule has 0 heterocycles. The molecule has 0 aromatic heterocycles. The number of ketones is 1. The van der Waals surface area contributed by atoms with Crippen LogP contribution >= 0.6 is 0 Å². The number of carbonyl (C=O) groups excluding carboxylic acids is 2. The van der Waals surface area contributed by atoms with Crippen molar-refractivity contribution in [2.45, 2.75) is 56.9 Å². The first-order valence-electron chi connectivity index (χ1n) is 9.28. The average molecular weight is 482 g/mol. The van der Waals surface area contributed by atoms with Gasteiger partial charge in [0.2, 0.25) is 5.78 Å². The van der Waals surface area contributed by atoms with Gasteiger partial charge < -0.3 is 0 Å². The van der Waals surface area contributed by atoms with Crippen molar-refractivity contribution >= 4 is 31.4 Å². The molecular formula is C20H28F3NO4Se. The number of rotatable bonds is 12. The Labute approximate surface area is 175 Å². The number of carbonyl (C=O) groups is 3. The first-order chi connectivity index (χ1) is 13.6. The molecule has 0 fully saturated rings. The number of halogens is 3. The van der Waals surface area contributed by atoms with Crippen LogP contribution in [0.3, 0.4) is 0 Å². The maximum absolute atomic E-state index is 11.9. The number of alkyl halides is 3. The average Bonchev–Trinajstić information content (AvgIpc) is 2.66. The fraction of sp³-hybridized carbons (Fsp3) is 0.550. The Balaban J connectivity index is 0.000000956. The van der Waals surface area contributed by atoms with Gasteiger partial charge in [-0.15, -0.1) is 0 Å². The van der Waals surface area contributed by atoms with Crippen molar-refractivity contribution in [3.8, 4) is 0 Å². The Kier molecular flexibility index (Phi) is 14.3. The topological polar surface area (TPSA) is 97.5 Å². The molecule has 3 N–H and O–H groups in total. The number of carboxylic acids is 1. The zero-order valence-electron chi connectivity index (χ0n) is 16.4. The second-order valence-corrected chi connectivity index (χ2v) is 8.66. The van der Waals surface area contributed by atoms with Gasteiger partial charge in [-0.05, 0) is 0 Å². The van der Waals surface area contributed by atoms with Crippen LogP contribution in [0.25, 0.3) is 0 Å². The molecule has 0 aliphatic rings. The summed E-state index contributed by atoms with van der Waals surface area (Å²) in [7, 11) is 0. The van der Waals surface area contributed by atoms with Crippen LogP contribution in [-0.4, -0.2) is 49.2 Å². The van der Waals surface area contributed by atoms with Gasteiger partial charge in [-0.1, -0.05) is 0 Å². The zero-order valence-corrected chi connectivity index (χ0v) is 18.1. The number of hydrogen-bond acceptors (Lipinski definition) is 4. The van der Waals surface area contributed by atoms with E-state index in [0.717, 1.165) is 31.2 Å². The molecule has 5 nitrogen and oxygen atoms in total. The first-order valence-corrected chi connectivity index (χ1v) is 11.3. The number of benzene rings is 1. The Morgan fingerprint density at radius 2 is 1.69 bits per heavy atom. The van der Waals surface area contributed by atoms with Gasteiger partial charge in [0.05, 0.1) is 0 Å². The quantitative estimate of drug-likeness (QED) is 0.350. The summed E-state index contributed by atoms with van der Waals surface area (Å²) >= 11 is -0.230. The van der Waals surface area contributed by atoms with Crippen molar-refractivity contribution in [1.29, 1.82) is 0 Å². The van der Waals surface area contributed by atoms with Crippen LogP contribution in [0.1, 0.15) is 44.6 Å². The monoisotopic (exact) mass is 483 g/mol. The third kappa shape index (κ3) is 14.9. The van der Waals surface area contributed by atoms with E-state index in [1.807, 2.05) is 30.3 Å². The molecule has 9 heteroatoms. The Morgan fingerprint density at radius 3 is 2.17 bits per heavy atom. The van der Waals surface area contributed by atoms with Gasteiger partial charge in [-0.25, -0.2) is 0 Å². The predicted molar refractivity (Wildman–Crippen MR) is 106 cm³/mol. The molecule has 0 bridgehead atoms. The number of nitrogens with two attached hydrogens (primary N) is 1. The van der Waals surface area contributed by atoms with Gasteiger partial charge >= 0.3 is 144 Å². The molecule has 164 valence electrons. The van der Waals surface area contributed by atoms with Crippen LogP contribution in [0, 0.1) is 5.92 Å². The number of aryl methyl sites for hydroxylation is 1. The molecule has 0 spiro atoms. The van der Waals surface area contributed by atoms with E-state index in [4.69, 9.17) is 5.73 Å². The summed E-state index contributed by atoms with van der Waals surface area (Å²) in [5.74, 6) is -2.91. The third-order valence-corrected chi connectivity index (χ3v) is 6.21. The van der Waals surface area contributed by atoms with Crippen LogP contribution in [0.5, 0.6) is 0 Å². The number of Topliss-reactive ketones (excluding diaryl/α,β-unsaturated/α-hetero) is 1. The van der Waals surface area contributed by atoms with E-state index in [-0.39, 0.29) is 25.6 Å². The van der Waals surface area contributed by atoms with Gasteiger partial charge in [0, 0.05) is 6.92 Å². The fourth-order valence-corrected chi connectivity index (χ4v) is 4.12. The second kappa shape index (κ2) is 15.2. The zero-order chi connectivity index (χ0) is 22.3. The summed E-state index contributed by atoms with van der Waals surface area (Å²) in [6.45, 7) is 1.14. The Hall–Kier alpha value is -1.70. The van der Waals surface area contributed by atoms with Crippen LogP contribution in [-0.2, 0) is 20.8 Å². The van der Waals surface area contributed by atoms with E-state index in [0.29, 0.717) is 31.6 Å². The standard InChI is InChI=1S/C17H25NO3Se.C3H3F3O/c18-12-6-2-5-9-15(17(20)21)13-22-16(19)11-10-14-7-3-1-4-8-14;1-2(7)3(4,5)6/h1,3-4,7-8,15H,2,5-6,9-13,18H2,(H,20,21);1H3. The summed E-state index contributed by atoms with van der Waals surface area (Å²) in [5.41, 5.74) is 6.58. The van der Waals surface area contributed by atoms with Crippen LogP contribution in [0.4, 0.5) is 13.2 Å². The maximum atomic E-state index is 11.9. The summed E-state index contributed by atoms with van der Waals surface area (Å²) in [4.78, 5) is 32.5. The van der Waals surface area contributed by atoms with Crippen molar-refractivity contribution in [3.05, 3.63) is 35.9 Å². The molecule has 0 amide bonds. The number of hydrogen-bond donors (Lipinski definition) is 2. The van der Waals surface area contributed by atoms with Gasteiger partial charge in [0.25, 0.3) is 0 Å². The fourth-order valence-electron chi connectivity index (χ4n) is 2.15. The van der Waals surface area contributed by atoms with E-state index < -0.39 is 17.9 Å². The molecule has 0 radical (unpaired) electrons. The summed E-state index contributed by atoms with van der Waals surface area (Å²) in [6, 6.07) is 9.91. The molecule has 1 unspecified atom stereocenters. The molecule has 0 saturated heterocycles. The number of unbranched alkanes of at least 4 members (excludes halogenated alkanes) is 2. The van der Waals surface area contributed by atoms with Crippen LogP contribution < -0.4 is 5.73 Å². The van der Waals surface area contributed by atoms with Crippen molar-refractivity contribution < 1.29 is 32.7 Å². The predicted octanol–water partition coefficient (Wildman–Crippen LogP) is 3.63. The Morgan fingerprint density at radius 1 is 1.10 bits per heavy atom. The molecule has 0 saturated carbocycles. The summed E-state index contributed by atoms with van der Waals surface area (Å²) < 4.78 is 32.7. The van der Waals surface area contributed by atoms with Gasteiger partial charge in [0.15, 0.2) is 0 Å². The first kappa shape index (κ1) is 27.3. The summed E-state index contributed by atoms with van der Waals surface area (Å²) in [6.07, 6.45) is 0.0629. The van der Waals surface area contributed by atoms with Crippen LogP contribution in [0.2, 0.25) is 5.32 Å². The minimum atomic E-state index is -4.64. The molecule has 1 aromatic rings. The van der Waals surface area contributed by atoms with E-state index in [1.165, 1.54) is 0 Å². The normalized spacial score (nSPS) is 11.9. The molecular weight excluding hydrogens is 454 g/mol. The minimum absolute atomic E-state index is 0.213. The number of carboxylic acid groups (broad SMARTS) is 1. The molecule has 1 rings (SSSR count). The van der Waals surface area contributed by atoms with Crippen molar-refractivity contribution in [2.24, 2.45) is 11.7 Å². The van der Waals surface area contributed by atoms with Crippen molar-refractivity contribution in [3.63, 3.8) is 0 Å². The van der Waals surface area contributed by atoms with E-state index in [9.17, 15) is 32.7 Å². The molecule has 0 aliphatic heterocycles. The third-order valence-electron chi connectivity index (χ3n) is 3.91. The van der Waals surface area contributed by atoms with Crippen molar-refractivity contribution in [2.75, 3.05) is 6.54 Å². The number of aliphatic carboxylic acids is 1.